The molecule has 1 saturated carbocycles. The van der Waals surface area contributed by atoms with E-state index in [4.69, 9.17) is 17.3 Å². The summed E-state index contributed by atoms with van der Waals surface area (Å²) in [7, 11) is 2.97. The Hall–Kier alpha value is -2.63. The van der Waals surface area contributed by atoms with Crippen LogP contribution in [0.2, 0.25) is 5.02 Å². The highest BCUT2D eigenvalue weighted by molar-refractivity contribution is 6.32. The van der Waals surface area contributed by atoms with Crippen molar-refractivity contribution in [2.75, 3.05) is 14.1 Å². The van der Waals surface area contributed by atoms with Gasteiger partial charge in [0.2, 0.25) is 5.78 Å². The van der Waals surface area contributed by atoms with Gasteiger partial charge in [-0.25, -0.2) is 0 Å². The smallest absolute Gasteiger partial charge is 0.255 e. The monoisotopic (exact) mass is 500 g/mol. The zero-order chi connectivity index (χ0) is 23.9. The molecule has 0 bridgehead atoms. The van der Waals surface area contributed by atoms with Gasteiger partial charge in [0.15, 0.2) is 11.4 Å². The number of ketones is 2. The van der Waals surface area contributed by atoms with Crippen molar-refractivity contribution in [1.82, 2.24) is 4.90 Å². The van der Waals surface area contributed by atoms with Gasteiger partial charge >= 0.3 is 0 Å². The van der Waals surface area contributed by atoms with Crippen LogP contribution in [-0.4, -0.2) is 73.6 Å². The summed E-state index contributed by atoms with van der Waals surface area (Å²) in [6, 6.07) is 1.25. The van der Waals surface area contributed by atoms with Crippen molar-refractivity contribution in [3.8, 4) is 5.75 Å². The highest BCUT2D eigenvalue weighted by atomic mass is 35.5. The van der Waals surface area contributed by atoms with Gasteiger partial charge in [-0.15, -0.1) is 12.4 Å². The van der Waals surface area contributed by atoms with Crippen molar-refractivity contribution >= 4 is 47.2 Å². The average Bonchev–Trinajstić information content (AvgIpc) is 2.69. The Kier molecular flexibility index (Phi) is 6.06. The Balaban J connectivity index is 0.00000306. The first-order valence-corrected chi connectivity index (χ1v) is 10.1. The summed E-state index contributed by atoms with van der Waals surface area (Å²) in [5.74, 6) is -8.19. The highest BCUT2D eigenvalue weighted by Gasteiger charge is 2.65. The second kappa shape index (κ2) is 8.00. The second-order valence-electron chi connectivity index (χ2n) is 8.47. The molecule has 1 aromatic rings. The van der Waals surface area contributed by atoms with Crippen molar-refractivity contribution < 1.29 is 39.9 Å². The van der Waals surface area contributed by atoms with E-state index in [0.29, 0.717) is 0 Å². The summed E-state index contributed by atoms with van der Waals surface area (Å²) in [5, 5.41) is 54.4. The number of nitrogens with zero attached hydrogens (tertiary/aromatic N) is 1. The van der Waals surface area contributed by atoms with Gasteiger partial charge in [-0.1, -0.05) is 11.6 Å². The molecule has 4 rings (SSSR count). The number of phenolic OH excluding ortho intramolecular Hbond substituents is 1. The maximum absolute atomic E-state index is 13.6. The molecule has 178 valence electrons. The van der Waals surface area contributed by atoms with Crippen LogP contribution in [-0.2, 0) is 14.4 Å². The second-order valence-corrected chi connectivity index (χ2v) is 8.87. The SMILES string of the molecule is CN(C)[C@@H]1C(=O)C(C(N)=O)=C(O)[C@]2(O)C(=O)C3=C(O)c4c(O)ccc(Cl)c4[C@@H](O)C3C[C@@H]12.Cl. The molecule has 0 radical (unpaired) electrons. The van der Waals surface area contributed by atoms with E-state index >= 15 is 0 Å². The fourth-order valence-electron chi connectivity index (χ4n) is 5.24. The Bertz CT molecular complexity index is 1160. The number of hydrogen-bond acceptors (Lipinski definition) is 9. The number of carbonyl (C=O) groups is 3. The summed E-state index contributed by atoms with van der Waals surface area (Å²) in [6.07, 6.45) is -1.70. The molecule has 10 nitrogen and oxygen atoms in total. The first kappa shape index (κ1) is 25.0. The number of hydrogen-bond donors (Lipinski definition) is 6. The van der Waals surface area contributed by atoms with E-state index in [0.717, 1.165) is 0 Å². The molecule has 0 heterocycles. The van der Waals surface area contributed by atoms with Crippen molar-refractivity contribution in [1.29, 1.82) is 0 Å². The lowest BCUT2D eigenvalue weighted by molar-refractivity contribution is -0.155. The fraction of sp³-hybridized carbons (Fsp3) is 0.381. The molecule has 33 heavy (non-hydrogen) atoms. The summed E-state index contributed by atoms with van der Waals surface area (Å²) in [5.41, 5.74) is 0.845. The van der Waals surface area contributed by atoms with Crippen molar-refractivity contribution in [3.63, 3.8) is 0 Å². The van der Waals surface area contributed by atoms with Crippen LogP contribution in [0.5, 0.6) is 5.75 Å². The molecule has 3 aliphatic carbocycles. The number of aromatic hydroxyl groups is 1. The topological polar surface area (TPSA) is 182 Å². The molecular formula is C21H22Cl2N2O8. The Morgan fingerprint density at radius 1 is 1.21 bits per heavy atom. The highest BCUT2D eigenvalue weighted by Crippen LogP contribution is 2.56. The average molecular weight is 501 g/mol. The Morgan fingerprint density at radius 3 is 2.36 bits per heavy atom. The van der Waals surface area contributed by atoms with Crippen molar-refractivity contribution in [3.05, 3.63) is 45.2 Å². The summed E-state index contributed by atoms with van der Waals surface area (Å²) >= 11 is 6.19. The van der Waals surface area contributed by atoms with Gasteiger partial charge in [-0.3, -0.25) is 19.3 Å². The molecule has 0 spiro atoms. The molecule has 0 aliphatic heterocycles. The molecule has 1 unspecified atom stereocenters. The molecule has 0 saturated heterocycles. The number of rotatable bonds is 2. The quantitative estimate of drug-likeness (QED) is 0.315. The van der Waals surface area contributed by atoms with Crippen molar-refractivity contribution in [2.24, 2.45) is 17.6 Å². The number of fused-ring (bicyclic) bond motifs is 3. The minimum absolute atomic E-state index is 0. The third kappa shape index (κ3) is 3.09. The minimum atomic E-state index is -2.77. The van der Waals surface area contributed by atoms with Gasteiger partial charge < -0.3 is 31.3 Å². The largest absolute Gasteiger partial charge is 0.508 e. The summed E-state index contributed by atoms with van der Waals surface area (Å²) in [6.45, 7) is 0. The van der Waals surface area contributed by atoms with Crippen LogP contribution < -0.4 is 5.73 Å². The van der Waals surface area contributed by atoms with E-state index in [1.807, 2.05) is 0 Å². The van der Waals surface area contributed by atoms with E-state index in [-0.39, 0.29) is 35.0 Å². The van der Waals surface area contributed by atoms with E-state index in [1.54, 1.807) is 0 Å². The normalized spacial score (nSPS) is 31.1. The molecule has 7 N–H and O–H groups in total. The molecule has 1 fully saturated rings. The molecule has 1 amide bonds. The van der Waals surface area contributed by atoms with Gasteiger partial charge in [0.25, 0.3) is 5.91 Å². The number of aliphatic hydroxyl groups is 4. The van der Waals surface area contributed by atoms with Gasteiger partial charge in [0.1, 0.15) is 22.8 Å². The Morgan fingerprint density at radius 2 is 1.82 bits per heavy atom. The van der Waals surface area contributed by atoms with Crippen LogP contribution in [0.25, 0.3) is 5.76 Å². The number of phenols is 1. The number of halogens is 2. The zero-order valence-electron chi connectivity index (χ0n) is 17.4. The predicted molar refractivity (Wildman–Crippen MR) is 118 cm³/mol. The van der Waals surface area contributed by atoms with Crippen LogP contribution in [0.3, 0.4) is 0 Å². The number of primary amides is 1. The summed E-state index contributed by atoms with van der Waals surface area (Å²) < 4.78 is 0. The van der Waals surface area contributed by atoms with Gasteiger partial charge in [0.05, 0.1) is 17.7 Å². The van der Waals surface area contributed by atoms with Crippen LogP contribution in [0, 0.1) is 11.8 Å². The van der Waals surface area contributed by atoms with Gasteiger partial charge in [0, 0.05) is 28.0 Å². The van der Waals surface area contributed by atoms with Crippen LogP contribution in [0.15, 0.2) is 29.0 Å². The number of benzene rings is 1. The van der Waals surface area contributed by atoms with E-state index in [1.165, 1.54) is 31.1 Å². The lowest BCUT2D eigenvalue weighted by Crippen LogP contribution is -2.66. The predicted octanol–water partition coefficient (Wildman–Crippen LogP) is 0.530. The minimum Gasteiger partial charge on any atom is -0.508 e. The lowest BCUT2D eigenvalue weighted by atomic mass is 9.57. The molecule has 12 heteroatoms. The van der Waals surface area contributed by atoms with Crippen molar-refractivity contribution in [2.45, 2.75) is 24.2 Å². The number of nitrogens with two attached hydrogens (primary N) is 1. The van der Waals surface area contributed by atoms with E-state index in [2.05, 4.69) is 0 Å². The molecule has 3 aliphatic rings. The van der Waals surface area contributed by atoms with Crippen LogP contribution >= 0.6 is 24.0 Å². The maximum atomic E-state index is 13.6. The number of carbonyl (C=O) groups excluding carboxylic acids is 3. The zero-order valence-corrected chi connectivity index (χ0v) is 19.0. The van der Waals surface area contributed by atoms with Crippen LogP contribution in [0.1, 0.15) is 23.7 Å². The molecule has 5 atom stereocenters. The Labute approximate surface area is 199 Å². The number of aliphatic hydroxyl groups excluding tert-OH is 3. The van der Waals surface area contributed by atoms with Crippen LogP contribution in [0.4, 0.5) is 0 Å². The van der Waals surface area contributed by atoms with E-state index < -0.39 is 75.5 Å². The fourth-order valence-corrected chi connectivity index (χ4v) is 5.51. The van der Waals surface area contributed by atoms with Gasteiger partial charge in [-0.2, -0.15) is 0 Å². The maximum Gasteiger partial charge on any atom is 0.255 e. The number of Topliss-reactive ketones (excluding diaryl/α,β-unsaturated/α-hetero) is 2. The van der Waals surface area contributed by atoms with Gasteiger partial charge in [-0.05, 0) is 32.6 Å². The third-order valence-electron chi connectivity index (χ3n) is 6.64. The third-order valence-corrected chi connectivity index (χ3v) is 6.97. The molecular weight excluding hydrogens is 479 g/mol. The molecule has 1 aromatic carbocycles. The first-order chi connectivity index (χ1) is 14.8. The lowest BCUT2D eigenvalue weighted by Gasteiger charge is -2.51. The standard InChI is InChI=1S/C21H21ClN2O8.ClH/c1-24(2)14-7-5-6-10(16(27)12-9(25)4-3-8(22)11(12)15(6)26)18(29)21(7,32)19(30)13(17(14)28)20(23)31;/h3-4,6-7,14-15,25-27,30,32H,5H2,1-2H3,(H2,23,31);1H/t6?,7-,14-,15-,21+;/m0./s1. The number of amides is 1. The summed E-state index contributed by atoms with van der Waals surface area (Å²) in [4.78, 5) is 39.8. The number of likely N-dealkylation sites (N-methyl/N-ethyl adjacent to an activating group) is 1. The van der Waals surface area contributed by atoms with E-state index in [9.17, 15) is 39.9 Å². The first-order valence-electron chi connectivity index (χ1n) is 9.69. The molecule has 0 aromatic heterocycles.